The number of nitrogens with zero attached hydrogens (tertiary/aromatic N) is 3. The fraction of sp³-hybridized carbons (Fsp3) is 0.556. The minimum Gasteiger partial charge on any atom is -0.489 e. The van der Waals surface area contributed by atoms with Gasteiger partial charge in [0.2, 0.25) is 21.8 Å². The molecule has 0 saturated carbocycles. The fourth-order valence-electron chi connectivity index (χ4n) is 2.89. The van der Waals surface area contributed by atoms with Gasteiger partial charge >= 0.3 is 0 Å². The Labute approximate surface area is 160 Å². The number of benzene rings is 1. The van der Waals surface area contributed by atoms with Gasteiger partial charge in [-0.1, -0.05) is 12.1 Å². The zero-order valence-electron chi connectivity index (χ0n) is 16.2. The minimum atomic E-state index is -3.69. The molecule has 0 unspecified atom stereocenters. The predicted octanol–water partition coefficient (Wildman–Crippen LogP) is 0.931. The maximum absolute atomic E-state index is 12.7. The molecule has 1 fully saturated rings. The van der Waals surface area contributed by atoms with E-state index in [1.54, 1.807) is 34.1 Å². The highest BCUT2D eigenvalue weighted by Crippen LogP contribution is 2.30. The molecule has 0 bridgehead atoms. The third-order valence-electron chi connectivity index (χ3n) is 4.25. The van der Waals surface area contributed by atoms with Crippen LogP contribution in [0, 0.1) is 0 Å². The van der Waals surface area contributed by atoms with E-state index in [1.807, 2.05) is 13.8 Å². The van der Waals surface area contributed by atoms with Crippen LogP contribution in [-0.4, -0.2) is 75.1 Å². The molecule has 1 aliphatic rings. The summed E-state index contributed by atoms with van der Waals surface area (Å²) in [5.41, 5.74) is 0.337. The van der Waals surface area contributed by atoms with Gasteiger partial charge in [0.25, 0.3) is 0 Å². The van der Waals surface area contributed by atoms with Crippen LogP contribution < -0.4 is 9.04 Å². The molecule has 8 nitrogen and oxygen atoms in total. The topological polar surface area (TPSA) is 87.2 Å². The third-order valence-corrected chi connectivity index (χ3v) is 5.38. The number of anilines is 1. The van der Waals surface area contributed by atoms with Crippen LogP contribution in [0.5, 0.6) is 5.75 Å². The van der Waals surface area contributed by atoms with Crippen molar-refractivity contribution in [2.75, 3.05) is 43.3 Å². The molecule has 0 aliphatic carbocycles. The molecule has 1 aromatic carbocycles. The number of ether oxygens (including phenoxy) is 1. The summed E-state index contributed by atoms with van der Waals surface area (Å²) in [6.45, 7) is 6.56. The summed E-state index contributed by atoms with van der Waals surface area (Å²) in [6.07, 6.45) is 0.933. The molecule has 1 aromatic rings. The van der Waals surface area contributed by atoms with Crippen molar-refractivity contribution < 1.29 is 22.7 Å². The van der Waals surface area contributed by atoms with Gasteiger partial charge in [0.1, 0.15) is 12.3 Å². The quantitative estimate of drug-likeness (QED) is 0.713. The molecule has 150 valence electrons. The number of sulfonamides is 1. The van der Waals surface area contributed by atoms with Crippen LogP contribution >= 0.6 is 0 Å². The SMILES string of the molecule is CC(=O)N1CCN(C(=O)CN(c2ccccc2OC(C)C)S(C)(=O)=O)CC1. The predicted molar refractivity (Wildman–Crippen MR) is 103 cm³/mol. The van der Waals surface area contributed by atoms with E-state index in [9.17, 15) is 18.0 Å². The lowest BCUT2D eigenvalue weighted by Gasteiger charge is -2.35. The van der Waals surface area contributed by atoms with Gasteiger partial charge in [0, 0.05) is 33.1 Å². The number of amides is 2. The number of piperazine rings is 1. The van der Waals surface area contributed by atoms with Gasteiger partial charge < -0.3 is 14.5 Å². The minimum absolute atomic E-state index is 0.0281. The highest BCUT2D eigenvalue weighted by molar-refractivity contribution is 7.92. The summed E-state index contributed by atoms with van der Waals surface area (Å²) < 4.78 is 31.5. The van der Waals surface area contributed by atoms with Crippen molar-refractivity contribution in [3.63, 3.8) is 0 Å². The van der Waals surface area contributed by atoms with Crippen molar-refractivity contribution in [3.8, 4) is 5.75 Å². The smallest absolute Gasteiger partial charge is 0.243 e. The summed E-state index contributed by atoms with van der Waals surface area (Å²) in [4.78, 5) is 27.4. The van der Waals surface area contributed by atoms with Crippen LogP contribution in [0.4, 0.5) is 5.69 Å². The normalized spacial score (nSPS) is 15.0. The summed E-state index contributed by atoms with van der Waals surface area (Å²) in [6, 6.07) is 6.77. The second kappa shape index (κ2) is 8.60. The van der Waals surface area contributed by atoms with E-state index in [1.165, 1.54) is 6.92 Å². The summed E-state index contributed by atoms with van der Waals surface area (Å²) in [5.74, 6) is 0.0784. The van der Waals surface area contributed by atoms with Gasteiger partial charge in [0.15, 0.2) is 0 Å². The van der Waals surface area contributed by atoms with Crippen LogP contribution in [0.3, 0.4) is 0 Å². The van der Waals surface area contributed by atoms with Crippen LogP contribution in [-0.2, 0) is 19.6 Å². The molecule has 0 aromatic heterocycles. The van der Waals surface area contributed by atoms with E-state index >= 15 is 0 Å². The number of hydrogen-bond donors (Lipinski definition) is 0. The van der Waals surface area contributed by atoms with E-state index in [0.717, 1.165) is 10.6 Å². The molecule has 0 spiro atoms. The van der Waals surface area contributed by atoms with Gasteiger partial charge in [-0.25, -0.2) is 8.42 Å². The van der Waals surface area contributed by atoms with E-state index in [0.29, 0.717) is 37.6 Å². The molecule has 1 heterocycles. The molecule has 1 saturated heterocycles. The van der Waals surface area contributed by atoms with Crippen molar-refractivity contribution in [1.29, 1.82) is 0 Å². The summed E-state index contributed by atoms with van der Waals surface area (Å²) in [7, 11) is -3.69. The number of hydrogen-bond acceptors (Lipinski definition) is 5. The van der Waals surface area contributed by atoms with E-state index in [4.69, 9.17) is 4.74 Å². The first-order chi connectivity index (χ1) is 12.6. The molecule has 1 aliphatic heterocycles. The van der Waals surface area contributed by atoms with E-state index < -0.39 is 10.0 Å². The highest BCUT2D eigenvalue weighted by atomic mass is 32.2. The maximum atomic E-state index is 12.7. The van der Waals surface area contributed by atoms with Crippen LogP contribution in [0.2, 0.25) is 0 Å². The van der Waals surface area contributed by atoms with Crippen LogP contribution in [0.15, 0.2) is 24.3 Å². The summed E-state index contributed by atoms with van der Waals surface area (Å²) >= 11 is 0. The first kappa shape index (κ1) is 21.0. The van der Waals surface area contributed by atoms with Gasteiger partial charge in [-0.3, -0.25) is 13.9 Å². The number of carbonyl (C=O) groups is 2. The third kappa shape index (κ3) is 5.59. The van der Waals surface area contributed by atoms with E-state index in [2.05, 4.69) is 0 Å². The average Bonchev–Trinajstić information content (AvgIpc) is 2.59. The average molecular weight is 397 g/mol. The van der Waals surface area contributed by atoms with Crippen molar-refractivity contribution in [1.82, 2.24) is 9.80 Å². The Balaban J connectivity index is 2.20. The van der Waals surface area contributed by atoms with Crippen molar-refractivity contribution in [3.05, 3.63) is 24.3 Å². The zero-order chi connectivity index (χ0) is 20.2. The van der Waals surface area contributed by atoms with Crippen LogP contribution in [0.1, 0.15) is 20.8 Å². The molecule has 0 atom stereocenters. The van der Waals surface area contributed by atoms with Gasteiger partial charge in [-0.05, 0) is 26.0 Å². The lowest BCUT2D eigenvalue weighted by molar-refractivity contribution is -0.137. The first-order valence-electron chi connectivity index (χ1n) is 8.86. The maximum Gasteiger partial charge on any atom is 0.243 e. The molecule has 2 amide bonds. The zero-order valence-corrected chi connectivity index (χ0v) is 17.0. The van der Waals surface area contributed by atoms with Crippen molar-refractivity contribution in [2.45, 2.75) is 26.9 Å². The second-order valence-electron chi connectivity index (χ2n) is 6.79. The van der Waals surface area contributed by atoms with Gasteiger partial charge in [-0.2, -0.15) is 0 Å². The largest absolute Gasteiger partial charge is 0.489 e. The Kier molecular flexibility index (Phi) is 6.69. The fourth-order valence-corrected chi connectivity index (χ4v) is 3.74. The highest BCUT2D eigenvalue weighted by Gasteiger charge is 2.28. The van der Waals surface area contributed by atoms with Gasteiger partial charge in [-0.15, -0.1) is 0 Å². The lowest BCUT2D eigenvalue weighted by Crippen LogP contribution is -2.52. The second-order valence-corrected chi connectivity index (χ2v) is 8.70. The standard InChI is InChI=1S/C18H27N3O5S/c1-14(2)26-17-8-6-5-7-16(17)21(27(4,24)25)13-18(23)20-11-9-19(10-12-20)15(3)22/h5-8,14H,9-13H2,1-4H3. The molecular weight excluding hydrogens is 370 g/mol. The Morgan fingerprint density at radius 3 is 2.19 bits per heavy atom. The van der Waals surface area contributed by atoms with Crippen LogP contribution in [0.25, 0.3) is 0 Å². The lowest BCUT2D eigenvalue weighted by atomic mass is 10.2. The van der Waals surface area contributed by atoms with Crippen molar-refractivity contribution in [2.24, 2.45) is 0 Å². The summed E-state index contributed by atoms with van der Waals surface area (Å²) in [5, 5.41) is 0. The van der Waals surface area contributed by atoms with Gasteiger partial charge in [0.05, 0.1) is 18.0 Å². The Morgan fingerprint density at radius 1 is 1.11 bits per heavy atom. The molecular formula is C18H27N3O5S. The molecule has 0 N–H and O–H groups in total. The number of rotatable bonds is 6. The molecule has 9 heteroatoms. The Hall–Kier alpha value is -2.29. The molecule has 0 radical (unpaired) electrons. The monoisotopic (exact) mass is 397 g/mol. The number of para-hydroxylation sites is 2. The van der Waals surface area contributed by atoms with E-state index in [-0.39, 0.29) is 24.5 Å². The Morgan fingerprint density at radius 2 is 1.67 bits per heavy atom. The first-order valence-corrected chi connectivity index (χ1v) is 10.7. The molecule has 2 rings (SSSR count). The Bertz CT molecular complexity index is 786. The van der Waals surface area contributed by atoms with Crippen molar-refractivity contribution >= 4 is 27.5 Å². The number of carbonyl (C=O) groups excluding carboxylic acids is 2. The molecule has 27 heavy (non-hydrogen) atoms.